The van der Waals surface area contributed by atoms with E-state index >= 15 is 0 Å². The van der Waals surface area contributed by atoms with Crippen LogP contribution in [0.3, 0.4) is 0 Å². The molecule has 122 valence electrons. The topological polar surface area (TPSA) is 108 Å². The fraction of sp³-hybridized carbons (Fsp3) is 0.118. The average molecular weight is 322 g/mol. The lowest BCUT2D eigenvalue weighted by atomic mass is 10.1. The second-order valence-corrected chi connectivity index (χ2v) is 5.32. The van der Waals surface area contributed by atoms with Gasteiger partial charge in [0, 0.05) is 36.1 Å². The highest BCUT2D eigenvalue weighted by Gasteiger charge is 2.12. The summed E-state index contributed by atoms with van der Waals surface area (Å²) in [6, 6.07) is 9.05. The molecule has 0 aliphatic rings. The smallest absolute Gasteiger partial charge is 0.255 e. The van der Waals surface area contributed by atoms with Crippen molar-refractivity contribution in [3.8, 4) is 0 Å². The third kappa shape index (κ3) is 3.05. The van der Waals surface area contributed by atoms with Gasteiger partial charge in [0.1, 0.15) is 5.65 Å². The molecule has 0 saturated carbocycles. The van der Waals surface area contributed by atoms with E-state index in [1.54, 1.807) is 37.6 Å². The fourth-order valence-corrected chi connectivity index (χ4v) is 2.46. The number of aryl methyl sites for hydroxylation is 1. The fourth-order valence-electron chi connectivity index (χ4n) is 2.46. The van der Waals surface area contributed by atoms with Crippen LogP contribution >= 0.6 is 0 Å². The van der Waals surface area contributed by atoms with Crippen molar-refractivity contribution in [3.05, 3.63) is 53.9 Å². The Morgan fingerprint density at radius 1 is 1.25 bits per heavy atom. The molecule has 5 N–H and O–H groups in total. The normalized spacial score (nSPS) is 11.5. The first-order valence-corrected chi connectivity index (χ1v) is 7.42. The number of aliphatic imine (C=N–C) groups is 1. The molecule has 1 amide bonds. The molecule has 0 unspecified atom stereocenters. The van der Waals surface area contributed by atoms with Crippen molar-refractivity contribution in [3.63, 3.8) is 0 Å². The van der Waals surface area contributed by atoms with Gasteiger partial charge < -0.3 is 21.4 Å². The summed E-state index contributed by atoms with van der Waals surface area (Å²) in [5.41, 5.74) is 9.31. The number of aromatic amines is 1. The number of nitrogens with zero attached hydrogens (tertiary/aromatic N) is 2. The van der Waals surface area contributed by atoms with E-state index in [-0.39, 0.29) is 5.91 Å². The van der Waals surface area contributed by atoms with Gasteiger partial charge in [-0.15, -0.1) is 0 Å². The molecule has 0 radical (unpaired) electrons. The zero-order valence-corrected chi connectivity index (χ0v) is 13.4. The second-order valence-electron chi connectivity index (χ2n) is 5.32. The van der Waals surface area contributed by atoms with E-state index in [2.05, 4.69) is 25.6 Å². The molecule has 0 bridgehead atoms. The maximum atomic E-state index is 12.6. The predicted octanol–water partition coefficient (Wildman–Crippen LogP) is 2.48. The number of H-pyrrole nitrogens is 1. The Balaban J connectivity index is 1.84. The largest absolute Gasteiger partial charge is 0.370 e. The number of pyridine rings is 1. The van der Waals surface area contributed by atoms with Crippen molar-refractivity contribution in [2.45, 2.75) is 6.92 Å². The van der Waals surface area contributed by atoms with Crippen LogP contribution in [0.5, 0.6) is 0 Å². The van der Waals surface area contributed by atoms with Crippen LogP contribution in [-0.4, -0.2) is 28.9 Å². The number of guanidine groups is 1. The molecule has 1 aromatic carbocycles. The number of hydrogen-bond acceptors (Lipinski definition) is 3. The van der Waals surface area contributed by atoms with Crippen LogP contribution in [0, 0.1) is 6.92 Å². The number of amides is 1. The highest BCUT2D eigenvalue weighted by atomic mass is 16.1. The van der Waals surface area contributed by atoms with Gasteiger partial charge in [0.15, 0.2) is 5.96 Å². The maximum absolute atomic E-state index is 12.6. The van der Waals surface area contributed by atoms with Crippen LogP contribution in [0.15, 0.2) is 47.7 Å². The van der Waals surface area contributed by atoms with E-state index in [4.69, 9.17) is 5.73 Å². The molecule has 0 saturated heterocycles. The van der Waals surface area contributed by atoms with Crippen molar-refractivity contribution in [1.82, 2.24) is 9.97 Å². The molecule has 0 fully saturated rings. The number of benzene rings is 1. The van der Waals surface area contributed by atoms with Crippen molar-refractivity contribution in [2.75, 3.05) is 17.7 Å². The van der Waals surface area contributed by atoms with Crippen LogP contribution in [0.25, 0.3) is 11.0 Å². The average Bonchev–Trinajstić information content (AvgIpc) is 3.04. The van der Waals surface area contributed by atoms with Gasteiger partial charge in [0.05, 0.1) is 5.69 Å². The Morgan fingerprint density at radius 2 is 2.08 bits per heavy atom. The summed E-state index contributed by atoms with van der Waals surface area (Å²) in [4.78, 5) is 23.7. The molecule has 24 heavy (non-hydrogen) atoms. The van der Waals surface area contributed by atoms with Gasteiger partial charge in [-0.1, -0.05) is 0 Å². The first kappa shape index (κ1) is 15.5. The number of aromatic nitrogens is 2. The number of carbonyl (C=O) groups is 1. The van der Waals surface area contributed by atoms with Crippen molar-refractivity contribution < 1.29 is 4.79 Å². The molecule has 3 rings (SSSR count). The lowest BCUT2D eigenvalue weighted by Crippen LogP contribution is -2.22. The third-order valence-electron chi connectivity index (χ3n) is 3.69. The summed E-state index contributed by atoms with van der Waals surface area (Å²) in [5.74, 6) is 0.142. The lowest BCUT2D eigenvalue weighted by Gasteiger charge is -2.11. The minimum absolute atomic E-state index is 0.176. The summed E-state index contributed by atoms with van der Waals surface area (Å²) < 4.78 is 0. The number of nitrogens with two attached hydrogens (primary N) is 1. The Morgan fingerprint density at radius 3 is 2.83 bits per heavy atom. The van der Waals surface area contributed by atoms with Crippen LogP contribution < -0.4 is 16.4 Å². The molecule has 2 heterocycles. The first-order valence-electron chi connectivity index (χ1n) is 7.42. The molecule has 7 nitrogen and oxygen atoms in total. The van der Waals surface area contributed by atoms with Gasteiger partial charge in [0.25, 0.3) is 5.91 Å². The van der Waals surface area contributed by atoms with Gasteiger partial charge in [0.2, 0.25) is 0 Å². The van der Waals surface area contributed by atoms with Crippen LogP contribution in [0.1, 0.15) is 15.9 Å². The Kier molecular flexibility index (Phi) is 4.15. The van der Waals surface area contributed by atoms with Gasteiger partial charge in [-0.25, -0.2) is 4.98 Å². The van der Waals surface area contributed by atoms with E-state index < -0.39 is 0 Å². The standard InChI is InChI=1S/C17H18N6O/c1-10-9-11(22-17(18)19-2)3-4-12(10)16(24)23-14-6-8-21-15-13(14)5-7-20-15/h3-9H,1-2H3,(H3,18,19,22)(H2,20,21,23,24). The lowest BCUT2D eigenvalue weighted by molar-refractivity contribution is 0.102. The van der Waals surface area contributed by atoms with E-state index in [1.165, 1.54) is 0 Å². The van der Waals surface area contributed by atoms with Gasteiger partial charge >= 0.3 is 0 Å². The van der Waals surface area contributed by atoms with Crippen molar-refractivity contribution in [1.29, 1.82) is 0 Å². The molecule has 2 aromatic heterocycles. The second kappa shape index (κ2) is 6.41. The number of rotatable bonds is 3. The number of fused-ring (bicyclic) bond motifs is 1. The molecular weight excluding hydrogens is 304 g/mol. The highest BCUT2D eigenvalue weighted by molar-refractivity contribution is 6.09. The maximum Gasteiger partial charge on any atom is 0.255 e. The van der Waals surface area contributed by atoms with Crippen LogP contribution in [-0.2, 0) is 0 Å². The Hall–Kier alpha value is -3.35. The summed E-state index contributed by atoms with van der Waals surface area (Å²) in [5, 5.41) is 6.75. The number of nitrogens with one attached hydrogen (secondary N) is 3. The van der Waals surface area contributed by atoms with Crippen LogP contribution in [0.2, 0.25) is 0 Å². The van der Waals surface area contributed by atoms with Crippen LogP contribution in [0.4, 0.5) is 11.4 Å². The Bertz CT molecular complexity index is 928. The van der Waals surface area contributed by atoms with Gasteiger partial charge in [-0.2, -0.15) is 0 Å². The van der Waals surface area contributed by atoms with E-state index in [0.717, 1.165) is 28.0 Å². The van der Waals surface area contributed by atoms with Crippen molar-refractivity contribution >= 4 is 34.3 Å². The number of anilines is 2. The molecule has 0 atom stereocenters. The third-order valence-corrected chi connectivity index (χ3v) is 3.69. The minimum Gasteiger partial charge on any atom is -0.370 e. The Labute approximate surface area is 139 Å². The summed E-state index contributed by atoms with van der Waals surface area (Å²) in [7, 11) is 1.60. The SMILES string of the molecule is CN=C(N)Nc1ccc(C(=O)Nc2ccnc3[nH]ccc23)c(C)c1. The van der Waals surface area contributed by atoms with Crippen molar-refractivity contribution in [2.24, 2.45) is 10.7 Å². The first-order chi connectivity index (χ1) is 11.6. The summed E-state index contributed by atoms with van der Waals surface area (Å²) in [6.07, 6.45) is 3.44. The number of carbonyl (C=O) groups excluding carboxylic acids is 1. The monoisotopic (exact) mass is 322 g/mol. The molecule has 0 spiro atoms. The summed E-state index contributed by atoms with van der Waals surface area (Å²) in [6.45, 7) is 1.87. The summed E-state index contributed by atoms with van der Waals surface area (Å²) >= 11 is 0. The van der Waals surface area contributed by atoms with E-state index in [0.29, 0.717) is 11.5 Å². The molecule has 0 aliphatic carbocycles. The zero-order chi connectivity index (χ0) is 17.1. The minimum atomic E-state index is -0.176. The zero-order valence-electron chi connectivity index (χ0n) is 13.4. The molecular formula is C17H18N6O. The van der Waals surface area contributed by atoms with E-state index in [9.17, 15) is 4.79 Å². The van der Waals surface area contributed by atoms with Gasteiger partial charge in [-0.3, -0.25) is 9.79 Å². The number of hydrogen-bond donors (Lipinski definition) is 4. The molecule has 7 heteroatoms. The quantitative estimate of drug-likeness (QED) is 0.439. The predicted molar refractivity (Wildman–Crippen MR) is 96.4 cm³/mol. The molecule has 0 aliphatic heterocycles. The molecule has 3 aromatic rings. The van der Waals surface area contributed by atoms with E-state index in [1.807, 2.05) is 19.1 Å². The highest BCUT2D eigenvalue weighted by Crippen LogP contribution is 2.22. The van der Waals surface area contributed by atoms with Gasteiger partial charge in [-0.05, 0) is 42.8 Å².